The minimum Gasteiger partial charge on any atom is -0.454 e. The van der Waals surface area contributed by atoms with E-state index in [1.165, 1.54) is 11.8 Å². The van der Waals surface area contributed by atoms with E-state index < -0.39 is 0 Å². The Morgan fingerprint density at radius 2 is 2.14 bits per heavy atom. The average Bonchev–Trinajstić information content (AvgIpc) is 2.94. The normalized spacial score (nSPS) is 12.0. The summed E-state index contributed by atoms with van der Waals surface area (Å²) in [5.41, 5.74) is 0.921. The number of nitrogens with one attached hydrogen (secondary N) is 1. The summed E-state index contributed by atoms with van der Waals surface area (Å²) >= 11 is 7.35. The van der Waals surface area contributed by atoms with Gasteiger partial charge < -0.3 is 14.8 Å². The van der Waals surface area contributed by atoms with Crippen LogP contribution in [-0.4, -0.2) is 23.0 Å². The number of ether oxygens (including phenoxy) is 2. The smallest absolute Gasteiger partial charge is 0.231 e. The molecule has 8 heteroatoms. The van der Waals surface area contributed by atoms with E-state index in [2.05, 4.69) is 15.3 Å². The van der Waals surface area contributed by atoms with Gasteiger partial charge >= 0.3 is 0 Å². The maximum Gasteiger partial charge on any atom is 0.231 e. The molecule has 6 nitrogen and oxygen atoms in total. The Labute approximate surface area is 130 Å². The van der Waals surface area contributed by atoms with Crippen LogP contribution in [0, 0.1) is 11.3 Å². The number of benzene rings is 1. The molecule has 1 aliphatic heterocycles. The van der Waals surface area contributed by atoms with Crippen molar-refractivity contribution >= 4 is 34.9 Å². The molecule has 0 spiro atoms. The number of fused-ring (bicyclic) bond motifs is 1. The van der Waals surface area contributed by atoms with Crippen molar-refractivity contribution in [2.45, 2.75) is 5.16 Å². The van der Waals surface area contributed by atoms with Gasteiger partial charge in [-0.25, -0.2) is 9.97 Å². The summed E-state index contributed by atoms with van der Waals surface area (Å²) in [4.78, 5) is 8.31. The summed E-state index contributed by atoms with van der Waals surface area (Å²) in [6.45, 7) is 0.207. The number of halogens is 1. The lowest BCUT2D eigenvalue weighted by atomic mass is 10.2. The van der Waals surface area contributed by atoms with Crippen molar-refractivity contribution in [1.29, 1.82) is 5.26 Å². The first-order valence-corrected chi connectivity index (χ1v) is 7.50. The Morgan fingerprint density at radius 1 is 1.33 bits per heavy atom. The van der Waals surface area contributed by atoms with Crippen LogP contribution in [0.5, 0.6) is 11.5 Å². The first-order chi connectivity index (χ1) is 10.2. The zero-order chi connectivity index (χ0) is 14.8. The maximum absolute atomic E-state index is 9.19. The molecule has 3 rings (SSSR count). The third kappa shape index (κ3) is 2.68. The lowest BCUT2D eigenvalue weighted by Crippen LogP contribution is -2.01. The van der Waals surface area contributed by atoms with E-state index in [1.54, 1.807) is 12.1 Å². The van der Waals surface area contributed by atoms with Gasteiger partial charge in [0.05, 0.1) is 0 Å². The average molecular weight is 321 g/mol. The molecular weight excluding hydrogens is 312 g/mol. The Bertz CT molecular complexity index is 748. The van der Waals surface area contributed by atoms with Gasteiger partial charge in [-0.3, -0.25) is 0 Å². The predicted octanol–water partition coefficient (Wildman–Crippen LogP) is 3.20. The van der Waals surface area contributed by atoms with Crippen LogP contribution in [0.1, 0.15) is 5.56 Å². The Morgan fingerprint density at radius 3 is 2.90 bits per heavy atom. The van der Waals surface area contributed by atoms with Crippen LogP contribution >= 0.6 is 23.4 Å². The summed E-state index contributed by atoms with van der Waals surface area (Å²) in [6, 6.07) is 7.37. The fourth-order valence-electron chi connectivity index (χ4n) is 1.81. The van der Waals surface area contributed by atoms with Gasteiger partial charge in [-0.1, -0.05) is 23.4 Å². The van der Waals surface area contributed by atoms with Crippen LogP contribution in [0.15, 0.2) is 23.4 Å². The SMILES string of the molecule is CSc1nc(Cl)c(C#N)c(Nc2ccc3c(c2)OCO3)n1. The molecule has 1 aromatic heterocycles. The first-order valence-electron chi connectivity index (χ1n) is 5.89. The molecule has 0 saturated carbocycles. The van der Waals surface area contributed by atoms with Gasteiger partial charge in [-0.2, -0.15) is 5.26 Å². The molecule has 0 atom stereocenters. The van der Waals surface area contributed by atoms with Crippen molar-refractivity contribution in [3.63, 3.8) is 0 Å². The molecule has 1 N–H and O–H groups in total. The highest BCUT2D eigenvalue weighted by atomic mass is 35.5. The predicted molar refractivity (Wildman–Crippen MR) is 79.4 cm³/mol. The van der Waals surface area contributed by atoms with E-state index in [0.29, 0.717) is 22.5 Å². The molecule has 0 fully saturated rings. The number of hydrogen-bond donors (Lipinski definition) is 1. The molecule has 1 aliphatic rings. The van der Waals surface area contributed by atoms with Crippen LogP contribution in [0.2, 0.25) is 5.15 Å². The fourth-order valence-corrected chi connectivity index (χ4v) is 2.43. The van der Waals surface area contributed by atoms with Crippen molar-refractivity contribution in [2.24, 2.45) is 0 Å². The number of thioether (sulfide) groups is 1. The van der Waals surface area contributed by atoms with E-state index in [4.69, 9.17) is 21.1 Å². The highest BCUT2D eigenvalue weighted by Gasteiger charge is 2.16. The molecule has 0 amide bonds. The summed E-state index contributed by atoms with van der Waals surface area (Å²) in [7, 11) is 0. The third-order valence-electron chi connectivity index (χ3n) is 2.77. The third-order valence-corrected chi connectivity index (χ3v) is 3.60. The number of nitrogens with zero attached hydrogens (tertiary/aromatic N) is 3. The molecule has 0 aliphatic carbocycles. The maximum atomic E-state index is 9.19. The largest absolute Gasteiger partial charge is 0.454 e. The number of rotatable bonds is 3. The van der Waals surface area contributed by atoms with Gasteiger partial charge in [-0.05, 0) is 18.4 Å². The van der Waals surface area contributed by atoms with E-state index in [0.717, 1.165) is 5.69 Å². The van der Waals surface area contributed by atoms with Gasteiger partial charge in [0, 0.05) is 11.8 Å². The van der Waals surface area contributed by atoms with Crippen LogP contribution in [0.4, 0.5) is 11.5 Å². The highest BCUT2D eigenvalue weighted by molar-refractivity contribution is 7.98. The van der Waals surface area contributed by atoms with E-state index >= 15 is 0 Å². The second-order valence-corrected chi connectivity index (χ2v) is 5.16. The second-order valence-electron chi connectivity index (χ2n) is 4.03. The van der Waals surface area contributed by atoms with Gasteiger partial charge in [0.25, 0.3) is 0 Å². The minimum atomic E-state index is 0.125. The Balaban J connectivity index is 1.97. The van der Waals surface area contributed by atoms with E-state index in [-0.39, 0.29) is 17.5 Å². The summed E-state index contributed by atoms with van der Waals surface area (Å²) in [6.07, 6.45) is 1.84. The number of nitriles is 1. The molecule has 0 bridgehead atoms. The van der Waals surface area contributed by atoms with E-state index in [1.807, 2.05) is 18.4 Å². The van der Waals surface area contributed by atoms with Crippen molar-refractivity contribution in [3.05, 3.63) is 28.9 Å². The molecule has 1 aromatic carbocycles. The first kappa shape index (κ1) is 13.8. The van der Waals surface area contributed by atoms with Crippen LogP contribution in [0.25, 0.3) is 0 Å². The van der Waals surface area contributed by atoms with Crippen LogP contribution in [0.3, 0.4) is 0 Å². The van der Waals surface area contributed by atoms with Gasteiger partial charge in [0.2, 0.25) is 6.79 Å². The summed E-state index contributed by atoms with van der Waals surface area (Å²) in [5.74, 6) is 1.69. The van der Waals surface area contributed by atoms with Gasteiger partial charge in [-0.15, -0.1) is 0 Å². The molecule has 2 aromatic rings. The number of hydrogen-bond acceptors (Lipinski definition) is 7. The lowest BCUT2D eigenvalue weighted by molar-refractivity contribution is 0.174. The van der Waals surface area contributed by atoms with Crippen molar-refractivity contribution in [2.75, 3.05) is 18.4 Å². The monoisotopic (exact) mass is 320 g/mol. The fraction of sp³-hybridized carbons (Fsp3) is 0.154. The van der Waals surface area contributed by atoms with E-state index in [9.17, 15) is 5.26 Å². The molecule has 0 saturated heterocycles. The Kier molecular flexibility index (Phi) is 3.73. The zero-order valence-electron chi connectivity index (χ0n) is 10.9. The van der Waals surface area contributed by atoms with Crippen LogP contribution in [-0.2, 0) is 0 Å². The van der Waals surface area contributed by atoms with Crippen LogP contribution < -0.4 is 14.8 Å². The molecule has 2 heterocycles. The Hall–Kier alpha value is -2.17. The lowest BCUT2D eigenvalue weighted by Gasteiger charge is -2.09. The van der Waals surface area contributed by atoms with Crippen molar-refractivity contribution in [1.82, 2.24) is 9.97 Å². The molecule has 21 heavy (non-hydrogen) atoms. The topological polar surface area (TPSA) is 80.1 Å². The molecule has 106 valence electrons. The molecule has 0 unspecified atom stereocenters. The molecule has 0 radical (unpaired) electrons. The second kappa shape index (κ2) is 5.68. The summed E-state index contributed by atoms with van der Waals surface area (Å²) < 4.78 is 10.6. The minimum absolute atomic E-state index is 0.125. The van der Waals surface area contributed by atoms with Gasteiger partial charge in [0.1, 0.15) is 11.6 Å². The summed E-state index contributed by atoms with van der Waals surface area (Å²) in [5, 5.41) is 12.9. The van der Waals surface area contributed by atoms with Crippen molar-refractivity contribution in [3.8, 4) is 17.6 Å². The molecular formula is C13H9ClN4O2S. The zero-order valence-corrected chi connectivity index (χ0v) is 12.5. The quantitative estimate of drug-likeness (QED) is 0.528. The standard InChI is InChI=1S/C13H9ClN4O2S/c1-21-13-17-11(14)8(5-15)12(18-13)16-7-2-3-9-10(4-7)20-6-19-9/h2-4H,6H2,1H3,(H,16,17,18). The van der Waals surface area contributed by atoms with Gasteiger partial charge in [0.15, 0.2) is 27.6 Å². The number of anilines is 2. The number of aromatic nitrogens is 2. The highest BCUT2D eigenvalue weighted by Crippen LogP contribution is 2.35. The van der Waals surface area contributed by atoms with Crippen molar-refractivity contribution < 1.29 is 9.47 Å².